The topological polar surface area (TPSA) is 78.9 Å². The van der Waals surface area contributed by atoms with Crippen LogP contribution < -0.4 is 0 Å². The van der Waals surface area contributed by atoms with Gasteiger partial charge in [0.05, 0.1) is 6.42 Å². The fourth-order valence-corrected chi connectivity index (χ4v) is 9.29. The van der Waals surface area contributed by atoms with Gasteiger partial charge in [-0.05, 0) is 103 Å². The average molecular weight is 1100 g/mol. The average Bonchev–Trinajstić information content (AvgIpc) is 3.45. The molecular weight excluding hydrogens is 973 g/mol. The number of rotatable bonds is 60. The van der Waals surface area contributed by atoms with Crippen molar-refractivity contribution in [1.29, 1.82) is 0 Å². The van der Waals surface area contributed by atoms with Crippen LogP contribution in [-0.2, 0) is 28.6 Å². The molecular formula is C73H124O6. The molecule has 1 unspecified atom stereocenters. The molecule has 6 heteroatoms. The molecule has 0 bridgehead atoms. The summed E-state index contributed by atoms with van der Waals surface area (Å²) in [6.07, 6.45) is 91.6. The molecule has 0 aliphatic heterocycles. The number of ether oxygens (including phenoxy) is 3. The third-order valence-electron chi connectivity index (χ3n) is 14.2. The fourth-order valence-electron chi connectivity index (χ4n) is 9.29. The first kappa shape index (κ1) is 75.1. The maximum atomic E-state index is 12.8. The second-order valence-electron chi connectivity index (χ2n) is 22.0. The highest BCUT2D eigenvalue weighted by molar-refractivity contribution is 5.72. The van der Waals surface area contributed by atoms with E-state index in [-0.39, 0.29) is 31.6 Å². The van der Waals surface area contributed by atoms with Gasteiger partial charge in [0.25, 0.3) is 0 Å². The molecule has 0 aliphatic rings. The Morgan fingerprint density at radius 2 is 0.557 bits per heavy atom. The van der Waals surface area contributed by atoms with Crippen LogP contribution >= 0.6 is 0 Å². The predicted molar refractivity (Wildman–Crippen MR) is 343 cm³/mol. The number of carbonyl (C=O) groups excluding carboxylic acids is 3. The molecule has 0 rings (SSSR count). The summed E-state index contributed by atoms with van der Waals surface area (Å²) in [5.74, 6) is -1.06. The molecule has 0 aromatic rings. The molecule has 79 heavy (non-hydrogen) atoms. The Bertz CT molecular complexity index is 1590. The Morgan fingerprint density at radius 1 is 0.278 bits per heavy atom. The van der Waals surface area contributed by atoms with Gasteiger partial charge >= 0.3 is 17.9 Å². The highest BCUT2D eigenvalue weighted by Crippen LogP contribution is 2.17. The Hall–Kier alpha value is -3.93. The van der Waals surface area contributed by atoms with E-state index in [4.69, 9.17) is 14.2 Å². The summed E-state index contributed by atoms with van der Waals surface area (Å²) in [4.78, 5) is 38.2. The van der Waals surface area contributed by atoms with Gasteiger partial charge < -0.3 is 14.2 Å². The van der Waals surface area contributed by atoms with E-state index in [9.17, 15) is 14.4 Å². The Kier molecular flexibility index (Phi) is 63.3. The van der Waals surface area contributed by atoms with E-state index < -0.39 is 12.1 Å². The molecule has 0 aliphatic carbocycles. The maximum absolute atomic E-state index is 12.8. The van der Waals surface area contributed by atoms with Crippen molar-refractivity contribution in [2.75, 3.05) is 13.2 Å². The fraction of sp³-hybridized carbons (Fsp3) is 0.712. The second kappa shape index (κ2) is 66.6. The van der Waals surface area contributed by atoms with Crippen LogP contribution in [0.15, 0.2) is 109 Å². The van der Waals surface area contributed by atoms with Crippen LogP contribution in [0.1, 0.15) is 316 Å². The highest BCUT2D eigenvalue weighted by atomic mass is 16.6. The van der Waals surface area contributed by atoms with Gasteiger partial charge in [-0.3, -0.25) is 14.4 Å². The van der Waals surface area contributed by atoms with E-state index in [0.29, 0.717) is 12.8 Å². The van der Waals surface area contributed by atoms with Gasteiger partial charge in [0.2, 0.25) is 0 Å². The molecule has 452 valence electrons. The van der Waals surface area contributed by atoms with Crippen molar-refractivity contribution >= 4 is 17.9 Å². The monoisotopic (exact) mass is 1100 g/mol. The zero-order valence-corrected chi connectivity index (χ0v) is 51.9. The lowest BCUT2D eigenvalue weighted by Gasteiger charge is -2.18. The summed E-state index contributed by atoms with van der Waals surface area (Å²) in [6, 6.07) is 0. The highest BCUT2D eigenvalue weighted by Gasteiger charge is 2.19. The maximum Gasteiger partial charge on any atom is 0.310 e. The van der Waals surface area contributed by atoms with Crippen molar-refractivity contribution in [1.82, 2.24) is 0 Å². The normalized spacial score (nSPS) is 12.8. The summed E-state index contributed by atoms with van der Waals surface area (Å²) >= 11 is 0. The standard InChI is InChI=1S/C73H124O6/c1-4-7-10-13-16-19-22-25-27-28-29-30-31-32-33-34-35-36-37-38-39-40-41-42-43-44-46-48-51-54-57-60-63-66-72(75)78-69-70(68-77-71(74)65-62-59-56-53-50-47-24-21-18-15-12-9-6-3)79-73(76)67-64-61-58-55-52-49-45-26-23-20-17-14-11-8-5-2/h8,11-12,15,17,20-22,24-26,28-29,45,52,55,61,64,70H,4-7,9-10,13-14,16,18-19,23,27,30-44,46-51,53-54,56-60,62-63,65-69H2,1-3H3/b11-8-,15-12-,20-17-,24-21-,25-22-,29-28-,45-26-,55-52-,64-61-. The second-order valence-corrected chi connectivity index (χ2v) is 22.0. The van der Waals surface area contributed by atoms with Gasteiger partial charge in [0.1, 0.15) is 13.2 Å². The summed E-state index contributed by atoms with van der Waals surface area (Å²) in [5, 5.41) is 0. The van der Waals surface area contributed by atoms with Crippen molar-refractivity contribution in [3.05, 3.63) is 109 Å². The number of unbranched alkanes of at least 4 members (excludes halogenated alkanes) is 32. The van der Waals surface area contributed by atoms with Gasteiger partial charge in [-0.25, -0.2) is 0 Å². The third-order valence-corrected chi connectivity index (χ3v) is 14.2. The van der Waals surface area contributed by atoms with Crippen LogP contribution in [0.25, 0.3) is 0 Å². The van der Waals surface area contributed by atoms with Crippen molar-refractivity contribution in [3.63, 3.8) is 0 Å². The molecule has 0 heterocycles. The van der Waals surface area contributed by atoms with Crippen molar-refractivity contribution < 1.29 is 28.6 Å². The SMILES string of the molecule is CC/C=C\C/C=C\C/C=C\C/C=C\C/C=C\CC(=O)OC(COC(=O)CCCCCCC/C=C\C/C=C\CCC)COC(=O)CCCCCCCCCCCCCCCCCCCCCCC/C=C\C/C=C\CCCCCCC. The van der Waals surface area contributed by atoms with Crippen molar-refractivity contribution in [2.45, 2.75) is 322 Å². The molecule has 0 spiro atoms. The summed E-state index contributed by atoms with van der Waals surface area (Å²) in [5.41, 5.74) is 0. The molecule has 0 aromatic heterocycles. The van der Waals surface area contributed by atoms with Crippen LogP contribution in [0.5, 0.6) is 0 Å². The van der Waals surface area contributed by atoms with E-state index in [0.717, 1.165) is 109 Å². The molecule has 0 N–H and O–H groups in total. The first-order valence-electron chi connectivity index (χ1n) is 33.4. The Morgan fingerprint density at radius 3 is 0.886 bits per heavy atom. The van der Waals surface area contributed by atoms with E-state index in [1.165, 1.54) is 167 Å². The molecule has 1 atom stereocenters. The van der Waals surface area contributed by atoms with Crippen LogP contribution in [0.2, 0.25) is 0 Å². The molecule has 0 amide bonds. The molecule has 0 aromatic carbocycles. The lowest BCUT2D eigenvalue weighted by Crippen LogP contribution is -2.30. The zero-order valence-electron chi connectivity index (χ0n) is 51.9. The van der Waals surface area contributed by atoms with Crippen LogP contribution in [-0.4, -0.2) is 37.2 Å². The lowest BCUT2D eigenvalue weighted by molar-refractivity contribution is -0.166. The van der Waals surface area contributed by atoms with E-state index in [1.54, 1.807) is 6.08 Å². The molecule has 0 radical (unpaired) electrons. The largest absolute Gasteiger partial charge is 0.462 e. The van der Waals surface area contributed by atoms with E-state index in [2.05, 4.69) is 118 Å². The van der Waals surface area contributed by atoms with E-state index >= 15 is 0 Å². The number of esters is 3. The van der Waals surface area contributed by atoms with Gasteiger partial charge in [-0.2, -0.15) is 0 Å². The number of hydrogen-bond donors (Lipinski definition) is 0. The minimum Gasteiger partial charge on any atom is -0.462 e. The van der Waals surface area contributed by atoms with Crippen LogP contribution in [0.4, 0.5) is 0 Å². The first-order valence-corrected chi connectivity index (χ1v) is 33.4. The smallest absolute Gasteiger partial charge is 0.310 e. The van der Waals surface area contributed by atoms with Gasteiger partial charge in [0, 0.05) is 12.8 Å². The third kappa shape index (κ3) is 64.8. The van der Waals surface area contributed by atoms with Crippen LogP contribution in [0.3, 0.4) is 0 Å². The first-order chi connectivity index (χ1) is 39.0. The van der Waals surface area contributed by atoms with E-state index in [1.807, 2.05) is 6.08 Å². The minimum atomic E-state index is -0.839. The van der Waals surface area contributed by atoms with Crippen molar-refractivity contribution in [3.8, 4) is 0 Å². The zero-order chi connectivity index (χ0) is 57.1. The summed E-state index contributed by atoms with van der Waals surface area (Å²) in [6.45, 7) is 6.37. The van der Waals surface area contributed by atoms with Gasteiger partial charge in [0.15, 0.2) is 6.10 Å². The Balaban J connectivity index is 4.19. The number of allylic oxidation sites excluding steroid dienone is 17. The summed E-state index contributed by atoms with van der Waals surface area (Å²) in [7, 11) is 0. The molecule has 0 fully saturated rings. The minimum absolute atomic E-state index is 0.0928. The predicted octanol–water partition coefficient (Wildman–Crippen LogP) is 23.0. The molecule has 0 saturated carbocycles. The van der Waals surface area contributed by atoms with Gasteiger partial charge in [-0.15, -0.1) is 0 Å². The molecule has 0 saturated heterocycles. The van der Waals surface area contributed by atoms with Crippen molar-refractivity contribution in [2.24, 2.45) is 0 Å². The lowest BCUT2D eigenvalue weighted by atomic mass is 10.0. The number of carbonyl (C=O) groups is 3. The summed E-state index contributed by atoms with van der Waals surface area (Å²) < 4.78 is 16.8. The van der Waals surface area contributed by atoms with Gasteiger partial charge in [-0.1, -0.05) is 304 Å². The quantitative estimate of drug-likeness (QED) is 0.0261. The van der Waals surface area contributed by atoms with Crippen LogP contribution in [0, 0.1) is 0 Å². The number of hydrogen-bond acceptors (Lipinski definition) is 6. The molecule has 6 nitrogen and oxygen atoms in total. The Labute approximate surface area is 489 Å².